The first-order valence-corrected chi connectivity index (χ1v) is 7.39. The van der Waals surface area contributed by atoms with E-state index in [1.807, 2.05) is 22.6 Å². The van der Waals surface area contributed by atoms with Crippen LogP contribution in [0, 0.1) is 0 Å². The number of amides is 1. The van der Waals surface area contributed by atoms with Crippen LogP contribution in [0.1, 0.15) is 12.5 Å². The first-order valence-electron chi connectivity index (χ1n) is 5.86. The molecule has 2 N–H and O–H groups in total. The molecule has 0 saturated carbocycles. The van der Waals surface area contributed by atoms with E-state index in [1.165, 1.54) is 12.1 Å². The van der Waals surface area contributed by atoms with Crippen LogP contribution in [0.25, 0.3) is 0 Å². The third kappa shape index (κ3) is 5.46. The predicted molar refractivity (Wildman–Crippen MR) is 79.3 cm³/mol. The summed E-state index contributed by atoms with van der Waals surface area (Å²) < 4.78 is 5.22. The number of halogens is 1. The molecule has 0 saturated heterocycles. The quantitative estimate of drug-likeness (QED) is 0.447. The molecule has 1 amide bonds. The number of ether oxygens (including phenoxy) is 1. The van der Waals surface area contributed by atoms with E-state index in [0.717, 1.165) is 5.56 Å². The number of aromatic hydroxyl groups is 1. The van der Waals surface area contributed by atoms with Gasteiger partial charge in [0.25, 0.3) is 0 Å². The van der Waals surface area contributed by atoms with E-state index in [1.54, 1.807) is 19.1 Å². The summed E-state index contributed by atoms with van der Waals surface area (Å²) in [5.41, 5.74) is 0.838. The van der Waals surface area contributed by atoms with Gasteiger partial charge in [-0.15, -0.1) is 0 Å². The summed E-state index contributed by atoms with van der Waals surface area (Å²) in [4.78, 5) is 23.2. The van der Waals surface area contributed by atoms with Gasteiger partial charge in [0.15, 0.2) is 0 Å². The van der Waals surface area contributed by atoms with Crippen LogP contribution in [0.5, 0.6) is 5.75 Å². The molecule has 0 aliphatic carbocycles. The van der Waals surface area contributed by atoms with Crippen molar-refractivity contribution in [3.05, 3.63) is 29.8 Å². The molecule has 0 spiro atoms. The maximum atomic E-state index is 11.8. The Hall–Kier alpha value is -1.31. The zero-order chi connectivity index (χ0) is 14.3. The number of phenols is 1. The number of esters is 1. The van der Waals surface area contributed by atoms with Gasteiger partial charge in [0.2, 0.25) is 5.91 Å². The molecule has 1 atom stereocenters. The van der Waals surface area contributed by atoms with Crippen molar-refractivity contribution in [2.24, 2.45) is 0 Å². The van der Waals surface area contributed by atoms with Gasteiger partial charge < -0.3 is 15.2 Å². The van der Waals surface area contributed by atoms with Crippen molar-refractivity contribution in [1.82, 2.24) is 5.32 Å². The Morgan fingerprint density at radius 1 is 1.37 bits per heavy atom. The van der Waals surface area contributed by atoms with E-state index < -0.39 is 12.0 Å². The van der Waals surface area contributed by atoms with Crippen LogP contribution >= 0.6 is 22.6 Å². The van der Waals surface area contributed by atoms with Gasteiger partial charge in [-0.25, -0.2) is 4.79 Å². The van der Waals surface area contributed by atoms with E-state index in [2.05, 4.69) is 5.32 Å². The molecule has 1 rings (SSSR count). The van der Waals surface area contributed by atoms with E-state index in [-0.39, 0.29) is 22.7 Å². The second-order valence-corrected chi connectivity index (χ2v) is 4.64. The molecule has 0 bridgehead atoms. The van der Waals surface area contributed by atoms with Gasteiger partial charge in [-0.2, -0.15) is 0 Å². The van der Waals surface area contributed by atoms with Gasteiger partial charge >= 0.3 is 5.97 Å². The molecule has 6 heteroatoms. The lowest BCUT2D eigenvalue weighted by atomic mass is 10.1. The molecule has 1 aromatic rings. The van der Waals surface area contributed by atoms with Crippen molar-refractivity contribution in [1.29, 1.82) is 0 Å². The van der Waals surface area contributed by atoms with Crippen molar-refractivity contribution >= 4 is 34.5 Å². The topological polar surface area (TPSA) is 75.6 Å². The number of benzene rings is 1. The van der Waals surface area contributed by atoms with Gasteiger partial charge in [-0.1, -0.05) is 34.7 Å². The zero-order valence-electron chi connectivity index (χ0n) is 10.6. The van der Waals surface area contributed by atoms with Crippen LogP contribution in [0.3, 0.4) is 0 Å². The molecule has 0 heterocycles. The maximum Gasteiger partial charge on any atom is 0.328 e. The minimum absolute atomic E-state index is 0.160. The highest BCUT2D eigenvalue weighted by molar-refractivity contribution is 14.1. The number of hydrogen-bond donors (Lipinski definition) is 2. The van der Waals surface area contributed by atoms with Gasteiger partial charge in [0.05, 0.1) is 11.0 Å². The number of hydrogen-bond acceptors (Lipinski definition) is 4. The smallest absolute Gasteiger partial charge is 0.328 e. The van der Waals surface area contributed by atoms with Crippen molar-refractivity contribution in [3.8, 4) is 5.75 Å². The monoisotopic (exact) mass is 377 g/mol. The van der Waals surface area contributed by atoms with Crippen LogP contribution < -0.4 is 5.32 Å². The van der Waals surface area contributed by atoms with Crippen LogP contribution in [-0.2, 0) is 20.7 Å². The van der Waals surface area contributed by atoms with Crippen molar-refractivity contribution < 1.29 is 19.4 Å². The van der Waals surface area contributed by atoms with Crippen molar-refractivity contribution in [2.75, 3.05) is 11.0 Å². The molecule has 0 aliphatic rings. The molecule has 5 nitrogen and oxygen atoms in total. The Kier molecular flexibility index (Phi) is 6.61. The minimum atomic E-state index is -0.702. The standard InChI is InChI=1S/C13H16INO4/c1-2-19-13(18)11(15-12(17)8-14)7-9-3-5-10(16)6-4-9/h3-6,11,16H,2,7-8H2,1H3,(H,15,17)/t11-/m0/s1. The van der Waals surface area contributed by atoms with Gasteiger partial charge in [0.1, 0.15) is 11.8 Å². The lowest BCUT2D eigenvalue weighted by Gasteiger charge is -2.16. The molecule has 1 aromatic carbocycles. The first kappa shape index (κ1) is 15.7. The highest BCUT2D eigenvalue weighted by Gasteiger charge is 2.21. The summed E-state index contributed by atoms with van der Waals surface area (Å²) in [6, 6.07) is 5.79. The predicted octanol–water partition coefficient (Wildman–Crippen LogP) is 1.42. The van der Waals surface area contributed by atoms with Gasteiger partial charge in [-0.3, -0.25) is 4.79 Å². The molecule has 0 fully saturated rings. The summed E-state index contributed by atoms with van der Waals surface area (Å²) in [7, 11) is 0. The molecule has 104 valence electrons. The van der Waals surface area contributed by atoms with E-state index in [0.29, 0.717) is 6.42 Å². The fourth-order valence-electron chi connectivity index (χ4n) is 1.54. The number of rotatable bonds is 6. The van der Waals surface area contributed by atoms with E-state index >= 15 is 0 Å². The number of carbonyl (C=O) groups is 2. The summed E-state index contributed by atoms with van der Waals surface area (Å²) >= 11 is 1.93. The molecular formula is C13H16INO4. The molecule has 19 heavy (non-hydrogen) atoms. The van der Waals surface area contributed by atoms with Crippen LogP contribution in [0.4, 0.5) is 0 Å². The summed E-state index contributed by atoms with van der Waals surface area (Å²) in [6.07, 6.45) is 0.335. The molecule has 0 radical (unpaired) electrons. The Bertz CT molecular complexity index is 433. The second-order valence-electron chi connectivity index (χ2n) is 3.88. The van der Waals surface area contributed by atoms with E-state index in [9.17, 15) is 14.7 Å². The Morgan fingerprint density at radius 3 is 2.53 bits per heavy atom. The van der Waals surface area contributed by atoms with Crippen molar-refractivity contribution in [3.63, 3.8) is 0 Å². The Balaban J connectivity index is 2.75. The van der Waals surface area contributed by atoms with Crippen LogP contribution in [0.15, 0.2) is 24.3 Å². The fraction of sp³-hybridized carbons (Fsp3) is 0.385. The normalized spacial score (nSPS) is 11.7. The zero-order valence-corrected chi connectivity index (χ0v) is 12.7. The molecule has 0 aromatic heterocycles. The Labute approximate surface area is 125 Å². The van der Waals surface area contributed by atoms with Gasteiger partial charge in [0, 0.05) is 6.42 Å². The highest BCUT2D eigenvalue weighted by atomic mass is 127. The fourth-order valence-corrected chi connectivity index (χ4v) is 1.76. The average molecular weight is 377 g/mol. The molecular weight excluding hydrogens is 361 g/mol. The van der Waals surface area contributed by atoms with Crippen LogP contribution in [0.2, 0.25) is 0 Å². The average Bonchev–Trinajstić information content (AvgIpc) is 2.40. The lowest BCUT2D eigenvalue weighted by molar-refractivity contribution is -0.147. The third-order valence-electron chi connectivity index (χ3n) is 2.40. The highest BCUT2D eigenvalue weighted by Crippen LogP contribution is 2.12. The Morgan fingerprint density at radius 2 is 2.00 bits per heavy atom. The SMILES string of the molecule is CCOC(=O)[C@H](Cc1ccc(O)cc1)NC(=O)CI. The molecule has 0 aliphatic heterocycles. The summed E-state index contributed by atoms with van der Waals surface area (Å²) in [5, 5.41) is 11.8. The minimum Gasteiger partial charge on any atom is -0.508 e. The number of alkyl halides is 1. The third-order valence-corrected chi connectivity index (χ3v) is 3.10. The van der Waals surface area contributed by atoms with Crippen LogP contribution in [-0.4, -0.2) is 34.1 Å². The van der Waals surface area contributed by atoms with Gasteiger partial charge in [-0.05, 0) is 24.6 Å². The largest absolute Gasteiger partial charge is 0.508 e. The number of carbonyl (C=O) groups excluding carboxylic acids is 2. The summed E-state index contributed by atoms with van der Waals surface area (Å²) in [6.45, 7) is 1.99. The maximum absolute atomic E-state index is 11.8. The molecule has 0 unspecified atom stereocenters. The lowest BCUT2D eigenvalue weighted by Crippen LogP contribution is -2.43. The first-order chi connectivity index (χ1) is 9.06. The number of phenolic OH excluding ortho intramolecular Hbond substituents is 1. The second kappa shape index (κ2) is 7.98. The summed E-state index contributed by atoms with van der Waals surface area (Å²) in [5.74, 6) is -0.501. The van der Waals surface area contributed by atoms with E-state index in [4.69, 9.17) is 4.74 Å². The van der Waals surface area contributed by atoms with Crippen molar-refractivity contribution in [2.45, 2.75) is 19.4 Å². The number of nitrogens with one attached hydrogen (secondary N) is 1.